The highest BCUT2D eigenvalue weighted by atomic mass is 127. The molecular weight excluding hydrogens is 367 g/mol. The molecule has 0 N–H and O–H groups in total. The van der Waals surface area contributed by atoms with Crippen molar-refractivity contribution in [2.75, 3.05) is 0 Å². The van der Waals surface area contributed by atoms with E-state index in [1.807, 2.05) is 0 Å². The number of hydrogen-bond donors (Lipinski definition) is 0. The number of nitrogens with zero attached hydrogens (tertiary/aromatic N) is 1. The standard InChI is InChI=1S/C8H2ClF5IN/c9-7(8(12,13)14)16-3-1-4(10)6(15)5(11)2-3/h1-2H. The minimum atomic E-state index is -4.84. The van der Waals surface area contributed by atoms with E-state index in [9.17, 15) is 22.0 Å². The van der Waals surface area contributed by atoms with Crippen LogP contribution < -0.4 is 0 Å². The second-order valence-electron chi connectivity index (χ2n) is 2.62. The molecule has 0 heterocycles. The molecule has 1 aromatic carbocycles. The van der Waals surface area contributed by atoms with Crippen LogP contribution in [0.3, 0.4) is 0 Å². The first-order valence-electron chi connectivity index (χ1n) is 3.67. The molecule has 0 unspecified atom stereocenters. The van der Waals surface area contributed by atoms with Crippen LogP contribution in [0.2, 0.25) is 0 Å². The predicted molar refractivity (Wildman–Crippen MR) is 58.1 cm³/mol. The van der Waals surface area contributed by atoms with Crippen molar-refractivity contribution < 1.29 is 22.0 Å². The molecule has 0 radical (unpaired) electrons. The summed E-state index contributed by atoms with van der Waals surface area (Å²) < 4.78 is 61.5. The zero-order chi connectivity index (χ0) is 12.5. The van der Waals surface area contributed by atoms with Crippen LogP contribution in [0.15, 0.2) is 17.1 Å². The summed E-state index contributed by atoms with van der Waals surface area (Å²) in [5.41, 5.74) is -0.530. The van der Waals surface area contributed by atoms with Crippen molar-refractivity contribution in [3.63, 3.8) is 0 Å². The molecular formula is C8H2ClF5IN. The second kappa shape index (κ2) is 4.82. The molecule has 0 aliphatic carbocycles. The van der Waals surface area contributed by atoms with Gasteiger partial charge in [0.2, 0.25) is 5.17 Å². The van der Waals surface area contributed by atoms with E-state index in [0.717, 1.165) is 0 Å². The molecule has 1 nitrogen and oxygen atoms in total. The lowest BCUT2D eigenvalue weighted by Crippen LogP contribution is -2.16. The molecule has 1 aromatic rings. The molecule has 0 saturated heterocycles. The van der Waals surface area contributed by atoms with E-state index >= 15 is 0 Å². The van der Waals surface area contributed by atoms with Gasteiger partial charge in [-0.15, -0.1) is 0 Å². The maximum Gasteiger partial charge on any atom is 0.444 e. The summed E-state index contributed by atoms with van der Waals surface area (Å²) in [5, 5.41) is -1.69. The van der Waals surface area contributed by atoms with Crippen molar-refractivity contribution in [3.8, 4) is 0 Å². The van der Waals surface area contributed by atoms with Crippen molar-refractivity contribution in [2.24, 2.45) is 4.99 Å². The monoisotopic (exact) mass is 369 g/mol. The first-order valence-corrected chi connectivity index (χ1v) is 5.13. The highest BCUT2D eigenvalue weighted by Crippen LogP contribution is 2.26. The van der Waals surface area contributed by atoms with Crippen LogP contribution in [0.5, 0.6) is 0 Å². The Hall–Kier alpha value is -0.440. The topological polar surface area (TPSA) is 12.4 Å². The van der Waals surface area contributed by atoms with E-state index in [4.69, 9.17) is 11.6 Å². The Morgan fingerprint density at radius 3 is 2.00 bits per heavy atom. The third-order valence-corrected chi connectivity index (χ3v) is 2.76. The van der Waals surface area contributed by atoms with Crippen molar-refractivity contribution >= 4 is 45.1 Å². The fourth-order valence-corrected chi connectivity index (χ4v) is 1.19. The first-order chi connectivity index (χ1) is 7.21. The van der Waals surface area contributed by atoms with Crippen molar-refractivity contribution in [2.45, 2.75) is 6.18 Å². The molecule has 0 bridgehead atoms. The van der Waals surface area contributed by atoms with Crippen LogP contribution in [0.25, 0.3) is 0 Å². The molecule has 0 aromatic heterocycles. The molecule has 16 heavy (non-hydrogen) atoms. The molecule has 0 atom stereocenters. The Bertz CT molecular complexity index is 420. The minimum Gasteiger partial charge on any atom is -0.232 e. The second-order valence-corrected chi connectivity index (χ2v) is 4.06. The number of rotatable bonds is 1. The lowest BCUT2D eigenvalue weighted by atomic mass is 10.3. The van der Waals surface area contributed by atoms with Gasteiger partial charge < -0.3 is 0 Å². The van der Waals surface area contributed by atoms with Gasteiger partial charge >= 0.3 is 6.18 Å². The van der Waals surface area contributed by atoms with Gasteiger partial charge in [-0.3, -0.25) is 0 Å². The van der Waals surface area contributed by atoms with E-state index in [1.54, 1.807) is 0 Å². The van der Waals surface area contributed by atoms with Crippen LogP contribution in [0.1, 0.15) is 0 Å². The van der Waals surface area contributed by atoms with E-state index < -0.39 is 28.7 Å². The fourth-order valence-electron chi connectivity index (χ4n) is 0.783. The maximum absolute atomic E-state index is 12.9. The van der Waals surface area contributed by atoms with Crippen LogP contribution >= 0.6 is 34.2 Å². The third-order valence-electron chi connectivity index (χ3n) is 1.43. The van der Waals surface area contributed by atoms with Gasteiger partial charge in [-0.1, -0.05) is 11.6 Å². The van der Waals surface area contributed by atoms with Gasteiger partial charge in [0.05, 0.1) is 9.26 Å². The van der Waals surface area contributed by atoms with Crippen LogP contribution in [0.4, 0.5) is 27.6 Å². The molecule has 0 aliphatic rings. The number of halogens is 7. The van der Waals surface area contributed by atoms with E-state index in [2.05, 4.69) is 4.99 Å². The smallest absolute Gasteiger partial charge is 0.232 e. The molecule has 1 rings (SSSR count). The van der Waals surface area contributed by atoms with Gasteiger partial charge in [-0.05, 0) is 22.6 Å². The molecule has 0 fully saturated rings. The molecule has 0 saturated carbocycles. The predicted octanol–water partition coefficient (Wildman–Crippen LogP) is 4.40. The van der Waals surface area contributed by atoms with E-state index in [0.29, 0.717) is 12.1 Å². The van der Waals surface area contributed by atoms with Crippen molar-refractivity contribution in [1.29, 1.82) is 0 Å². The molecule has 0 aliphatic heterocycles. The first kappa shape index (κ1) is 13.6. The summed E-state index contributed by atoms with van der Waals surface area (Å²) in [5.74, 6) is -1.99. The number of hydrogen-bond acceptors (Lipinski definition) is 1. The average molecular weight is 369 g/mol. The van der Waals surface area contributed by atoms with Gasteiger partial charge in [0.1, 0.15) is 11.6 Å². The normalized spacial score (nSPS) is 13.1. The quantitative estimate of drug-likeness (QED) is 0.301. The van der Waals surface area contributed by atoms with Gasteiger partial charge in [0.25, 0.3) is 0 Å². The fraction of sp³-hybridized carbons (Fsp3) is 0.125. The summed E-state index contributed by atoms with van der Waals surface area (Å²) in [6.45, 7) is 0. The van der Waals surface area contributed by atoms with Crippen molar-refractivity contribution in [1.82, 2.24) is 0 Å². The van der Waals surface area contributed by atoms with Crippen molar-refractivity contribution in [3.05, 3.63) is 27.3 Å². The maximum atomic E-state index is 12.9. The van der Waals surface area contributed by atoms with Crippen LogP contribution in [-0.2, 0) is 0 Å². The lowest BCUT2D eigenvalue weighted by molar-refractivity contribution is -0.0558. The lowest BCUT2D eigenvalue weighted by Gasteiger charge is -2.04. The third kappa shape index (κ3) is 3.27. The summed E-state index contributed by atoms with van der Waals surface area (Å²) in [6.07, 6.45) is -4.84. The van der Waals surface area contributed by atoms with E-state index in [1.165, 1.54) is 22.6 Å². The number of benzene rings is 1. The molecule has 8 heteroatoms. The zero-order valence-corrected chi connectivity index (χ0v) is 10.2. The van der Waals surface area contributed by atoms with Crippen LogP contribution in [-0.4, -0.2) is 11.3 Å². The number of aliphatic imine (C=N–C) groups is 1. The Morgan fingerprint density at radius 2 is 1.62 bits per heavy atom. The van der Waals surface area contributed by atoms with Gasteiger partial charge in [0, 0.05) is 12.1 Å². The Morgan fingerprint density at radius 1 is 1.19 bits per heavy atom. The minimum absolute atomic E-state index is 0.320. The summed E-state index contributed by atoms with van der Waals surface area (Å²) in [4.78, 5) is 2.87. The molecule has 88 valence electrons. The summed E-state index contributed by atoms with van der Waals surface area (Å²) in [7, 11) is 0. The number of alkyl halides is 3. The average Bonchev–Trinajstić information content (AvgIpc) is 2.12. The highest BCUT2D eigenvalue weighted by molar-refractivity contribution is 14.1. The Balaban J connectivity index is 3.17. The Kier molecular flexibility index (Phi) is 4.11. The summed E-state index contributed by atoms with van der Waals surface area (Å²) in [6, 6.07) is 1.33. The zero-order valence-electron chi connectivity index (χ0n) is 7.25. The van der Waals surface area contributed by atoms with E-state index in [-0.39, 0.29) is 3.57 Å². The van der Waals surface area contributed by atoms with Gasteiger partial charge in [-0.2, -0.15) is 13.2 Å². The Labute approximate surface area is 105 Å². The highest BCUT2D eigenvalue weighted by Gasteiger charge is 2.34. The van der Waals surface area contributed by atoms with Gasteiger partial charge in [0.15, 0.2) is 0 Å². The van der Waals surface area contributed by atoms with Gasteiger partial charge in [-0.25, -0.2) is 13.8 Å². The molecule has 0 amide bonds. The largest absolute Gasteiger partial charge is 0.444 e. The SMILES string of the molecule is Fc1cc(N=C(Cl)C(F)(F)F)cc(F)c1I. The van der Waals surface area contributed by atoms with Crippen LogP contribution in [0, 0.1) is 15.2 Å². The summed E-state index contributed by atoms with van der Waals surface area (Å²) >= 11 is 6.20. The molecule has 0 spiro atoms.